The van der Waals surface area contributed by atoms with Gasteiger partial charge < -0.3 is 5.32 Å². The van der Waals surface area contributed by atoms with E-state index in [9.17, 15) is 0 Å². The average molecular weight is 356 g/mol. The summed E-state index contributed by atoms with van der Waals surface area (Å²) in [6, 6.07) is 8.91. The zero-order valence-corrected chi connectivity index (χ0v) is 13.3. The second-order valence-corrected chi connectivity index (χ2v) is 5.44. The minimum atomic E-state index is 0.374. The number of rotatable bonds is 4. The molecular weight excluding hydrogens is 347 g/mol. The molecule has 3 aromatic rings. The van der Waals surface area contributed by atoms with E-state index in [-0.39, 0.29) is 0 Å². The third-order valence-electron chi connectivity index (χ3n) is 2.90. The van der Waals surface area contributed by atoms with E-state index < -0.39 is 0 Å². The molecule has 1 aromatic carbocycles. The summed E-state index contributed by atoms with van der Waals surface area (Å²) in [6.45, 7) is 0.422. The maximum Gasteiger partial charge on any atom is 0.248 e. The maximum atomic E-state index is 6.19. The van der Waals surface area contributed by atoms with E-state index in [1.165, 1.54) is 4.68 Å². The van der Waals surface area contributed by atoms with Crippen LogP contribution in [-0.2, 0) is 6.54 Å². The van der Waals surface area contributed by atoms with Gasteiger partial charge in [0.2, 0.25) is 5.95 Å². The molecule has 0 fully saturated rings. The number of aromatic nitrogens is 5. The lowest BCUT2D eigenvalue weighted by molar-refractivity contribution is 0.789. The molecule has 0 aliphatic rings. The SMILES string of the molecule is Clc1cccc(-n2nnnc2NCc2cccnc2Cl)c1Cl. The van der Waals surface area contributed by atoms with Gasteiger partial charge in [0.15, 0.2) is 0 Å². The summed E-state index contributed by atoms with van der Waals surface area (Å²) in [5.74, 6) is 0.420. The van der Waals surface area contributed by atoms with Crippen molar-refractivity contribution in [2.75, 3.05) is 5.32 Å². The fourth-order valence-corrected chi connectivity index (χ4v) is 2.40. The molecule has 0 unspecified atom stereocenters. The molecule has 0 atom stereocenters. The van der Waals surface area contributed by atoms with Crippen molar-refractivity contribution in [1.82, 2.24) is 25.2 Å². The summed E-state index contributed by atoms with van der Waals surface area (Å²) in [4.78, 5) is 4.01. The van der Waals surface area contributed by atoms with Gasteiger partial charge in [0.1, 0.15) is 5.15 Å². The Morgan fingerprint density at radius 2 is 1.95 bits per heavy atom. The van der Waals surface area contributed by atoms with Crippen LogP contribution in [-0.4, -0.2) is 25.2 Å². The van der Waals surface area contributed by atoms with E-state index in [4.69, 9.17) is 34.8 Å². The molecule has 3 rings (SSSR count). The van der Waals surface area contributed by atoms with Crippen molar-refractivity contribution in [3.63, 3.8) is 0 Å². The van der Waals surface area contributed by atoms with Crippen LogP contribution in [0.4, 0.5) is 5.95 Å². The molecule has 6 nitrogen and oxygen atoms in total. The second kappa shape index (κ2) is 6.48. The number of hydrogen-bond donors (Lipinski definition) is 1. The van der Waals surface area contributed by atoms with Gasteiger partial charge in [0.25, 0.3) is 0 Å². The lowest BCUT2D eigenvalue weighted by Gasteiger charge is -2.09. The minimum Gasteiger partial charge on any atom is -0.349 e. The van der Waals surface area contributed by atoms with Crippen LogP contribution in [0.1, 0.15) is 5.56 Å². The maximum absolute atomic E-state index is 6.19. The number of benzene rings is 1. The Bertz CT molecular complexity index is 804. The van der Waals surface area contributed by atoms with Crippen molar-refractivity contribution in [3.05, 3.63) is 57.3 Å². The Balaban J connectivity index is 1.87. The number of nitrogens with one attached hydrogen (secondary N) is 1. The summed E-state index contributed by atoms with van der Waals surface area (Å²) in [5, 5.41) is 15.8. The summed E-state index contributed by atoms with van der Waals surface area (Å²) < 4.78 is 1.47. The lowest BCUT2D eigenvalue weighted by atomic mass is 10.3. The summed E-state index contributed by atoms with van der Waals surface area (Å²) in [7, 11) is 0. The first-order chi connectivity index (χ1) is 10.7. The van der Waals surface area contributed by atoms with Crippen LogP contribution >= 0.6 is 34.8 Å². The van der Waals surface area contributed by atoms with Crippen LogP contribution in [0.3, 0.4) is 0 Å². The third-order valence-corrected chi connectivity index (χ3v) is 4.05. The first kappa shape index (κ1) is 15.0. The Labute approximate surface area is 141 Å². The molecule has 0 radical (unpaired) electrons. The predicted molar refractivity (Wildman–Crippen MR) is 85.7 cm³/mol. The van der Waals surface area contributed by atoms with Crippen molar-refractivity contribution in [1.29, 1.82) is 0 Å². The number of tetrazole rings is 1. The average Bonchev–Trinajstić information content (AvgIpc) is 2.97. The Morgan fingerprint density at radius 3 is 2.77 bits per heavy atom. The summed E-state index contributed by atoms with van der Waals surface area (Å²) >= 11 is 18.2. The number of halogens is 3. The zero-order valence-electron chi connectivity index (χ0n) is 11.0. The van der Waals surface area contributed by atoms with Crippen LogP contribution < -0.4 is 5.32 Å². The zero-order chi connectivity index (χ0) is 15.5. The Kier molecular flexibility index (Phi) is 4.42. The fourth-order valence-electron chi connectivity index (χ4n) is 1.84. The minimum absolute atomic E-state index is 0.374. The first-order valence-corrected chi connectivity index (χ1v) is 7.36. The molecule has 2 aromatic heterocycles. The van der Waals surface area contributed by atoms with Crippen LogP contribution in [0.5, 0.6) is 0 Å². The fraction of sp³-hybridized carbons (Fsp3) is 0.0769. The molecule has 0 saturated carbocycles. The lowest BCUT2D eigenvalue weighted by Crippen LogP contribution is -2.08. The Morgan fingerprint density at radius 1 is 1.09 bits per heavy atom. The van der Waals surface area contributed by atoms with E-state index in [0.29, 0.717) is 33.4 Å². The van der Waals surface area contributed by atoms with E-state index >= 15 is 0 Å². The van der Waals surface area contributed by atoms with Gasteiger partial charge >= 0.3 is 0 Å². The highest BCUT2D eigenvalue weighted by atomic mass is 35.5. The van der Waals surface area contributed by atoms with Gasteiger partial charge in [0.05, 0.1) is 15.7 Å². The molecule has 112 valence electrons. The van der Waals surface area contributed by atoms with E-state index in [1.807, 2.05) is 6.07 Å². The molecule has 2 heterocycles. The molecule has 0 saturated heterocycles. The van der Waals surface area contributed by atoms with Crippen LogP contribution in [0.25, 0.3) is 5.69 Å². The predicted octanol–water partition coefficient (Wildman–Crippen LogP) is 3.63. The second-order valence-electron chi connectivity index (χ2n) is 4.29. The Hall–Kier alpha value is -1.89. The van der Waals surface area contributed by atoms with Crippen molar-refractivity contribution >= 4 is 40.8 Å². The van der Waals surface area contributed by atoms with Crippen molar-refractivity contribution < 1.29 is 0 Å². The highest BCUT2D eigenvalue weighted by Gasteiger charge is 2.13. The van der Waals surface area contributed by atoms with Gasteiger partial charge in [-0.1, -0.05) is 52.0 Å². The molecule has 0 amide bonds. The van der Waals surface area contributed by atoms with Crippen molar-refractivity contribution in [2.24, 2.45) is 0 Å². The standard InChI is InChI=1S/C13H9Cl3N6/c14-9-4-1-5-10(11(9)15)22-13(19-20-21-22)18-7-8-3-2-6-17-12(8)16/h1-6H,7H2,(H,18,19,21). The monoisotopic (exact) mass is 354 g/mol. The number of hydrogen-bond acceptors (Lipinski definition) is 5. The topological polar surface area (TPSA) is 68.5 Å². The smallest absolute Gasteiger partial charge is 0.248 e. The number of anilines is 1. The highest BCUT2D eigenvalue weighted by molar-refractivity contribution is 6.43. The molecule has 22 heavy (non-hydrogen) atoms. The van der Waals surface area contributed by atoms with Gasteiger partial charge in [-0.2, -0.15) is 4.68 Å². The number of nitrogens with zero attached hydrogens (tertiary/aromatic N) is 5. The first-order valence-electron chi connectivity index (χ1n) is 6.23. The quantitative estimate of drug-likeness (QED) is 0.724. The van der Waals surface area contributed by atoms with Gasteiger partial charge in [-0.15, -0.1) is 0 Å². The highest BCUT2D eigenvalue weighted by Crippen LogP contribution is 2.29. The van der Waals surface area contributed by atoms with Crippen molar-refractivity contribution in [2.45, 2.75) is 6.54 Å². The van der Waals surface area contributed by atoms with E-state index in [1.54, 1.807) is 30.5 Å². The van der Waals surface area contributed by atoms with Crippen molar-refractivity contribution in [3.8, 4) is 5.69 Å². The summed E-state index contributed by atoms with van der Waals surface area (Å²) in [5.41, 5.74) is 1.41. The van der Waals surface area contributed by atoms with Gasteiger partial charge in [-0.25, -0.2) is 4.98 Å². The molecular formula is C13H9Cl3N6. The molecule has 1 N–H and O–H groups in total. The largest absolute Gasteiger partial charge is 0.349 e. The van der Waals surface area contributed by atoms with Crippen LogP contribution in [0.15, 0.2) is 36.5 Å². The molecule has 0 bridgehead atoms. The van der Waals surface area contributed by atoms with Gasteiger partial charge in [0, 0.05) is 18.3 Å². The number of pyridine rings is 1. The van der Waals surface area contributed by atoms with Crippen LogP contribution in [0, 0.1) is 0 Å². The van der Waals surface area contributed by atoms with Gasteiger partial charge in [-0.3, -0.25) is 0 Å². The third kappa shape index (κ3) is 2.99. The molecule has 0 spiro atoms. The van der Waals surface area contributed by atoms with Crippen LogP contribution in [0.2, 0.25) is 15.2 Å². The normalized spacial score (nSPS) is 10.7. The van der Waals surface area contributed by atoms with Gasteiger partial charge in [-0.05, 0) is 28.6 Å². The van der Waals surface area contributed by atoms with E-state index in [0.717, 1.165) is 5.56 Å². The molecule has 0 aliphatic carbocycles. The molecule has 9 heteroatoms. The van der Waals surface area contributed by atoms with E-state index in [2.05, 4.69) is 25.8 Å². The molecule has 0 aliphatic heterocycles. The summed E-state index contributed by atoms with van der Waals surface area (Å²) in [6.07, 6.45) is 1.63.